The van der Waals surface area contributed by atoms with Gasteiger partial charge in [0.2, 0.25) is 0 Å². The Morgan fingerprint density at radius 3 is 2.75 bits per heavy atom. The maximum atomic E-state index is 5.88. The van der Waals surface area contributed by atoms with Gasteiger partial charge in [-0.2, -0.15) is 5.10 Å². The molecule has 0 unspecified atom stereocenters. The van der Waals surface area contributed by atoms with Gasteiger partial charge in [-0.25, -0.2) is 0 Å². The number of anilines is 1. The molecule has 106 valence electrons. The van der Waals surface area contributed by atoms with Crippen LogP contribution in [0.5, 0.6) is 11.5 Å². The van der Waals surface area contributed by atoms with Crippen LogP contribution in [-0.4, -0.2) is 23.0 Å². The number of hydrogen-bond acceptors (Lipinski definition) is 4. The van der Waals surface area contributed by atoms with Gasteiger partial charge < -0.3 is 15.2 Å². The number of hydrogen-bond donors (Lipinski definition) is 1. The number of halogens is 1. The fourth-order valence-corrected chi connectivity index (χ4v) is 3.18. The van der Waals surface area contributed by atoms with Crippen LogP contribution in [-0.2, 0) is 13.5 Å². The normalized spacial score (nSPS) is 13.6. The van der Waals surface area contributed by atoms with Crippen LogP contribution in [0.25, 0.3) is 11.3 Å². The van der Waals surface area contributed by atoms with E-state index in [0.29, 0.717) is 19.0 Å². The van der Waals surface area contributed by atoms with Crippen molar-refractivity contribution in [1.29, 1.82) is 0 Å². The Kier molecular flexibility index (Phi) is 3.33. The highest BCUT2D eigenvalue weighted by atomic mass is 79.9. The molecule has 0 radical (unpaired) electrons. The van der Waals surface area contributed by atoms with Gasteiger partial charge in [0.25, 0.3) is 0 Å². The van der Waals surface area contributed by atoms with E-state index in [-0.39, 0.29) is 0 Å². The Labute approximate surface area is 125 Å². The number of aryl methyl sites for hydroxylation is 1. The van der Waals surface area contributed by atoms with Crippen LogP contribution in [0.4, 0.5) is 5.82 Å². The molecule has 0 saturated carbocycles. The summed E-state index contributed by atoms with van der Waals surface area (Å²) in [6.07, 6.45) is 0.864. The molecule has 6 heteroatoms. The SMILES string of the molecule is CCc1c(-c2cc(N)n(C)n2)cc2c(c1Br)OCCO2. The number of nitrogens with two attached hydrogens (primary N) is 1. The quantitative estimate of drug-likeness (QED) is 0.915. The summed E-state index contributed by atoms with van der Waals surface area (Å²) in [6, 6.07) is 3.86. The van der Waals surface area contributed by atoms with E-state index in [1.165, 1.54) is 0 Å². The molecular weight excluding hydrogens is 322 g/mol. The van der Waals surface area contributed by atoms with Crippen molar-refractivity contribution in [2.24, 2.45) is 7.05 Å². The minimum atomic E-state index is 0.564. The number of nitrogen functional groups attached to an aromatic ring is 1. The van der Waals surface area contributed by atoms with E-state index in [4.69, 9.17) is 15.2 Å². The van der Waals surface area contributed by atoms with Gasteiger partial charge in [0, 0.05) is 18.7 Å². The Morgan fingerprint density at radius 1 is 1.35 bits per heavy atom. The lowest BCUT2D eigenvalue weighted by atomic mass is 10.0. The van der Waals surface area contributed by atoms with Gasteiger partial charge in [-0.05, 0) is 34.0 Å². The summed E-state index contributed by atoms with van der Waals surface area (Å²) in [7, 11) is 1.83. The number of rotatable bonds is 2. The molecule has 3 rings (SSSR count). The monoisotopic (exact) mass is 337 g/mol. The summed E-state index contributed by atoms with van der Waals surface area (Å²) in [5, 5.41) is 4.45. The Hall–Kier alpha value is -1.69. The van der Waals surface area contributed by atoms with Crippen LogP contribution in [0.3, 0.4) is 0 Å². The summed E-state index contributed by atoms with van der Waals surface area (Å²) in [5.74, 6) is 2.16. The fraction of sp³-hybridized carbons (Fsp3) is 0.357. The second-order valence-electron chi connectivity index (χ2n) is 4.67. The zero-order valence-electron chi connectivity index (χ0n) is 11.4. The molecular formula is C14H16BrN3O2. The van der Waals surface area contributed by atoms with Gasteiger partial charge in [0.05, 0.1) is 10.2 Å². The van der Waals surface area contributed by atoms with Crippen molar-refractivity contribution in [3.63, 3.8) is 0 Å². The zero-order valence-corrected chi connectivity index (χ0v) is 13.0. The Balaban J connectivity index is 2.21. The van der Waals surface area contributed by atoms with Crippen LogP contribution < -0.4 is 15.2 Å². The molecule has 2 aromatic rings. The lowest BCUT2D eigenvalue weighted by Gasteiger charge is -2.22. The second-order valence-corrected chi connectivity index (χ2v) is 5.47. The van der Waals surface area contributed by atoms with Crippen LogP contribution in [0, 0.1) is 0 Å². The van der Waals surface area contributed by atoms with Crippen molar-refractivity contribution in [3.8, 4) is 22.8 Å². The van der Waals surface area contributed by atoms with Gasteiger partial charge in [-0.3, -0.25) is 4.68 Å². The first-order valence-corrected chi connectivity index (χ1v) is 7.32. The van der Waals surface area contributed by atoms with E-state index in [2.05, 4.69) is 28.0 Å². The lowest BCUT2D eigenvalue weighted by Crippen LogP contribution is -2.16. The maximum Gasteiger partial charge on any atom is 0.175 e. The molecule has 20 heavy (non-hydrogen) atoms. The first-order chi connectivity index (χ1) is 9.61. The highest BCUT2D eigenvalue weighted by molar-refractivity contribution is 9.10. The summed E-state index contributed by atoms with van der Waals surface area (Å²) in [5.41, 5.74) is 8.89. The van der Waals surface area contributed by atoms with Gasteiger partial charge in [-0.1, -0.05) is 6.92 Å². The predicted octanol–water partition coefficient (Wildman–Crippen LogP) is 2.77. The molecule has 0 amide bonds. The van der Waals surface area contributed by atoms with E-state index < -0.39 is 0 Å². The minimum absolute atomic E-state index is 0.564. The molecule has 0 aliphatic carbocycles. The molecule has 2 N–H and O–H groups in total. The maximum absolute atomic E-state index is 5.88. The highest BCUT2D eigenvalue weighted by Gasteiger charge is 2.22. The first kappa shape index (κ1) is 13.3. The molecule has 1 aromatic carbocycles. The molecule has 1 aliphatic rings. The van der Waals surface area contributed by atoms with Crippen molar-refractivity contribution >= 4 is 21.7 Å². The fourth-order valence-electron chi connectivity index (χ4n) is 2.37. The van der Waals surface area contributed by atoms with E-state index in [1.807, 2.05) is 19.2 Å². The number of aromatic nitrogens is 2. The largest absolute Gasteiger partial charge is 0.486 e. The van der Waals surface area contributed by atoms with E-state index >= 15 is 0 Å². The number of nitrogens with zero attached hydrogens (tertiary/aromatic N) is 2. The third kappa shape index (κ3) is 2.04. The molecule has 0 fully saturated rings. The smallest absolute Gasteiger partial charge is 0.175 e. The van der Waals surface area contributed by atoms with E-state index in [9.17, 15) is 0 Å². The number of benzene rings is 1. The van der Waals surface area contributed by atoms with Crippen molar-refractivity contribution in [1.82, 2.24) is 9.78 Å². The van der Waals surface area contributed by atoms with Gasteiger partial charge in [0.1, 0.15) is 19.0 Å². The van der Waals surface area contributed by atoms with Crippen molar-refractivity contribution in [2.45, 2.75) is 13.3 Å². The highest BCUT2D eigenvalue weighted by Crippen LogP contribution is 2.44. The molecule has 0 atom stereocenters. The van der Waals surface area contributed by atoms with Crippen LogP contribution in [0.1, 0.15) is 12.5 Å². The average molecular weight is 338 g/mol. The molecule has 2 heterocycles. The van der Waals surface area contributed by atoms with Crippen LogP contribution in [0.2, 0.25) is 0 Å². The predicted molar refractivity (Wildman–Crippen MR) is 81.1 cm³/mol. The summed E-state index contributed by atoms with van der Waals surface area (Å²) in [4.78, 5) is 0. The van der Waals surface area contributed by atoms with Crippen LogP contribution >= 0.6 is 15.9 Å². The van der Waals surface area contributed by atoms with Crippen molar-refractivity contribution in [2.75, 3.05) is 18.9 Å². The molecule has 5 nitrogen and oxygen atoms in total. The van der Waals surface area contributed by atoms with Gasteiger partial charge >= 0.3 is 0 Å². The molecule has 1 aliphatic heterocycles. The Bertz CT molecular complexity index is 647. The van der Waals surface area contributed by atoms with E-state index in [0.717, 1.165) is 39.2 Å². The standard InChI is InChI=1S/C14H16BrN3O2/c1-3-8-9(10-7-12(16)18(2)17-10)6-11-14(13(8)15)20-5-4-19-11/h6-7H,3-5,16H2,1-2H3. The number of fused-ring (bicyclic) bond motifs is 1. The van der Waals surface area contributed by atoms with Crippen molar-refractivity contribution in [3.05, 3.63) is 22.2 Å². The lowest BCUT2D eigenvalue weighted by molar-refractivity contribution is 0.170. The second kappa shape index (κ2) is 5.01. The molecule has 0 spiro atoms. The summed E-state index contributed by atoms with van der Waals surface area (Å²) < 4.78 is 14.0. The summed E-state index contributed by atoms with van der Waals surface area (Å²) in [6.45, 7) is 3.24. The third-order valence-corrected chi connectivity index (χ3v) is 4.26. The Morgan fingerprint density at radius 2 is 2.10 bits per heavy atom. The summed E-state index contributed by atoms with van der Waals surface area (Å²) >= 11 is 3.63. The van der Waals surface area contributed by atoms with Crippen LogP contribution in [0.15, 0.2) is 16.6 Å². The molecule has 0 saturated heterocycles. The van der Waals surface area contributed by atoms with Crippen molar-refractivity contribution < 1.29 is 9.47 Å². The molecule has 1 aromatic heterocycles. The topological polar surface area (TPSA) is 62.3 Å². The van der Waals surface area contributed by atoms with Gasteiger partial charge in [-0.15, -0.1) is 0 Å². The van der Waals surface area contributed by atoms with Gasteiger partial charge in [0.15, 0.2) is 11.5 Å². The third-order valence-electron chi connectivity index (χ3n) is 3.42. The average Bonchev–Trinajstić information content (AvgIpc) is 2.78. The zero-order chi connectivity index (χ0) is 14.3. The first-order valence-electron chi connectivity index (χ1n) is 6.52. The molecule has 0 bridgehead atoms. The minimum Gasteiger partial charge on any atom is -0.486 e. The van der Waals surface area contributed by atoms with E-state index in [1.54, 1.807) is 4.68 Å². The number of ether oxygens (including phenoxy) is 2.